The molecule has 0 spiro atoms. The average molecular weight is 533 g/mol. The van der Waals surface area contributed by atoms with E-state index in [9.17, 15) is 18.0 Å². The molecule has 2 aromatic carbocycles. The molecule has 1 N–H and O–H groups in total. The highest BCUT2D eigenvalue weighted by Crippen LogP contribution is 2.34. The molecule has 3 aromatic rings. The van der Waals surface area contributed by atoms with Gasteiger partial charge in [-0.1, -0.05) is 35.0 Å². The second-order valence-corrected chi connectivity index (χ2v) is 9.29. The van der Waals surface area contributed by atoms with Crippen LogP contribution in [0.15, 0.2) is 35.5 Å². The molecule has 0 saturated heterocycles. The molecule has 1 aromatic heterocycles. The van der Waals surface area contributed by atoms with Crippen LogP contribution in [0, 0.1) is 13.8 Å². The van der Waals surface area contributed by atoms with Crippen LogP contribution in [0.1, 0.15) is 35.5 Å². The molecular weight excluding hydrogens is 512 g/mol. The van der Waals surface area contributed by atoms with E-state index in [4.69, 9.17) is 27.9 Å². The van der Waals surface area contributed by atoms with Crippen LogP contribution >= 0.6 is 35.0 Å². The van der Waals surface area contributed by atoms with E-state index in [1.165, 1.54) is 0 Å². The standard InChI is InChI=1S/C22H21Cl2F3N4O2S/c1-11-7-15(8-12(2)19(11)24)33-13(3)20-29-30-21(31(20)4)34-10-18(32)28-17-9-14(22(25,26)27)5-6-16(17)23/h5-9,13H,10H2,1-4H3,(H,28,32). The van der Waals surface area contributed by atoms with Gasteiger partial charge in [-0.05, 0) is 62.2 Å². The molecule has 0 radical (unpaired) electrons. The molecule has 0 saturated carbocycles. The Kier molecular flexibility index (Phi) is 8.05. The topological polar surface area (TPSA) is 69.0 Å². The van der Waals surface area contributed by atoms with Crippen molar-refractivity contribution in [1.82, 2.24) is 14.8 Å². The van der Waals surface area contributed by atoms with E-state index in [2.05, 4.69) is 15.5 Å². The first-order valence-corrected chi connectivity index (χ1v) is 11.7. The lowest BCUT2D eigenvalue weighted by Gasteiger charge is -2.16. The summed E-state index contributed by atoms with van der Waals surface area (Å²) in [4.78, 5) is 12.3. The van der Waals surface area contributed by atoms with Gasteiger partial charge in [-0.2, -0.15) is 13.2 Å². The summed E-state index contributed by atoms with van der Waals surface area (Å²) in [6, 6.07) is 6.41. The van der Waals surface area contributed by atoms with Gasteiger partial charge in [0, 0.05) is 12.1 Å². The molecule has 1 unspecified atom stereocenters. The van der Waals surface area contributed by atoms with Gasteiger partial charge in [-0.15, -0.1) is 10.2 Å². The van der Waals surface area contributed by atoms with E-state index < -0.39 is 23.8 Å². The van der Waals surface area contributed by atoms with Crippen LogP contribution in [-0.2, 0) is 18.0 Å². The number of ether oxygens (including phenoxy) is 1. The summed E-state index contributed by atoms with van der Waals surface area (Å²) in [6.45, 7) is 5.60. The molecule has 1 amide bonds. The fraction of sp³-hybridized carbons (Fsp3) is 0.318. The SMILES string of the molecule is Cc1cc(OC(C)c2nnc(SCC(=O)Nc3cc(C(F)(F)F)ccc3Cl)n2C)cc(C)c1Cl. The lowest BCUT2D eigenvalue weighted by molar-refractivity contribution is -0.137. The van der Waals surface area contributed by atoms with E-state index in [1.54, 1.807) is 11.6 Å². The van der Waals surface area contributed by atoms with Crippen LogP contribution in [0.5, 0.6) is 5.75 Å². The Morgan fingerprint density at radius 1 is 1.18 bits per heavy atom. The van der Waals surface area contributed by atoms with Crippen molar-refractivity contribution in [1.29, 1.82) is 0 Å². The number of hydrogen-bond donors (Lipinski definition) is 1. The normalized spacial score (nSPS) is 12.5. The monoisotopic (exact) mass is 532 g/mol. The number of aromatic nitrogens is 3. The maximum Gasteiger partial charge on any atom is 0.416 e. The molecule has 0 fully saturated rings. The highest BCUT2D eigenvalue weighted by Gasteiger charge is 2.31. The lowest BCUT2D eigenvalue weighted by Crippen LogP contribution is -2.16. The van der Waals surface area contributed by atoms with Crippen LogP contribution in [0.25, 0.3) is 0 Å². The fourth-order valence-electron chi connectivity index (χ4n) is 3.15. The van der Waals surface area contributed by atoms with E-state index >= 15 is 0 Å². The van der Waals surface area contributed by atoms with Crippen LogP contribution < -0.4 is 10.1 Å². The first-order valence-electron chi connectivity index (χ1n) is 9.99. The number of halogens is 5. The number of nitrogens with zero attached hydrogens (tertiary/aromatic N) is 3. The summed E-state index contributed by atoms with van der Waals surface area (Å²) in [5, 5.41) is 11.8. The maximum atomic E-state index is 12.9. The Bertz CT molecular complexity index is 1190. The fourth-order valence-corrected chi connectivity index (χ4v) is 4.14. The third-order valence-electron chi connectivity index (χ3n) is 4.86. The summed E-state index contributed by atoms with van der Waals surface area (Å²) in [6.07, 6.45) is -4.99. The number of rotatable bonds is 7. The van der Waals surface area contributed by atoms with Crippen molar-refractivity contribution < 1.29 is 22.7 Å². The Morgan fingerprint density at radius 3 is 2.44 bits per heavy atom. The predicted octanol–water partition coefficient (Wildman–Crippen LogP) is 6.63. The molecule has 0 aliphatic carbocycles. The highest BCUT2D eigenvalue weighted by atomic mass is 35.5. The van der Waals surface area contributed by atoms with Crippen molar-refractivity contribution in [2.45, 2.75) is 38.2 Å². The maximum absolute atomic E-state index is 12.9. The molecular formula is C22H21Cl2F3N4O2S. The molecule has 12 heteroatoms. The largest absolute Gasteiger partial charge is 0.483 e. The van der Waals surface area contributed by atoms with Gasteiger partial charge in [0.25, 0.3) is 0 Å². The second-order valence-electron chi connectivity index (χ2n) is 7.56. The number of amides is 1. The first-order chi connectivity index (χ1) is 15.9. The third kappa shape index (κ3) is 6.17. The van der Waals surface area contributed by atoms with Crippen molar-refractivity contribution in [2.75, 3.05) is 11.1 Å². The molecule has 6 nitrogen and oxygen atoms in total. The number of carbonyl (C=O) groups excluding carboxylic acids is 1. The summed E-state index contributed by atoms with van der Waals surface area (Å²) < 4.78 is 46.4. The predicted molar refractivity (Wildman–Crippen MR) is 127 cm³/mol. The van der Waals surface area contributed by atoms with Gasteiger partial charge in [-0.3, -0.25) is 4.79 Å². The number of aryl methyl sites for hydroxylation is 2. The van der Waals surface area contributed by atoms with Gasteiger partial charge in [-0.25, -0.2) is 0 Å². The number of carbonyl (C=O) groups is 1. The van der Waals surface area contributed by atoms with Crippen molar-refractivity contribution in [3.8, 4) is 5.75 Å². The Labute approximate surface area is 208 Å². The zero-order valence-corrected chi connectivity index (χ0v) is 21.0. The smallest absolute Gasteiger partial charge is 0.416 e. The number of thioether (sulfide) groups is 1. The molecule has 1 atom stereocenters. The Balaban J connectivity index is 1.64. The van der Waals surface area contributed by atoms with Crippen LogP contribution in [-0.4, -0.2) is 26.4 Å². The molecule has 0 bridgehead atoms. The molecule has 0 aliphatic rings. The van der Waals surface area contributed by atoms with Gasteiger partial charge < -0.3 is 14.6 Å². The second kappa shape index (κ2) is 10.5. The lowest BCUT2D eigenvalue weighted by atomic mass is 10.1. The Morgan fingerprint density at radius 2 is 1.82 bits per heavy atom. The van der Waals surface area contributed by atoms with Crippen LogP contribution in [0.3, 0.4) is 0 Å². The van der Waals surface area contributed by atoms with Crippen molar-refractivity contribution in [3.63, 3.8) is 0 Å². The van der Waals surface area contributed by atoms with Gasteiger partial charge in [0.2, 0.25) is 5.91 Å². The minimum Gasteiger partial charge on any atom is -0.483 e. The number of hydrogen-bond acceptors (Lipinski definition) is 5. The molecule has 1 heterocycles. The number of benzene rings is 2. The summed E-state index contributed by atoms with van der Waals surface area (Å²) in [5.74, 6) is 0.534. The molecule has 34 heavy (non-hydrogen) atoms. The highest BCUT2D eigenvalue weighted by molar-refractivity contribution is 7.99. The molecule has 0 aliphatic heterocycles. The summed E-state index contributed by atoms with van der Waals surface area (Å²) in [7, 11) is 1.73. The first kappa shape index (κ1) is 26.2. The van der Waals surface area contributed by atoms with Crippen LogP contribution in [0.4, 0.5) is 18.9 Å². The zero-order valence-electron chi connectivity index (χ0n) is 18.6. The van der Waals surface area contributed by atoms with Crippen molar-refractivity contribution in [2.24, 2.45) is 7.05 Å². The number of anilines is 1. The van der Waals surface area contributed by atoms with E-state index in [-0.39, 0.29) is 16.5 Å². The summed E-state index contributed by atoms with van der Waals surface area (Å²) >= 11 is 13.2. The average Bonchev–Trinajstić information content (AvgIpc) is 3.11. The molecule has 3 rings (SSSR count). The van der Waals surface area contributed by atoms with Crippen molar-refractivity contribution in [3.05, 3.63) is 62.9 Å². The van der Waals surface area contributed by atoms with E-state index in [0.717, 1.165) is 41.1 Å². The van der Waals surface area contributed by atoms with Gasteiger partial charge >= 0.3 is 6.18 Å². The summed E-state index contributed by atoms with van der Waals surface area (Å²) in [5.41, 5.74) is 0.768. The van der Waals surface area contributed by atoms with E-state index in [0.29, 0.717) is 21.8 Å². The van der Waals surface area contributed by atoms with E-state index in [1.807, 2.05) is 32.9 Å². The minimum absolute atomic E-state index is 0.00550. The minimum atomic E-state index is -4.55. The van der Waals surface area contributed by atoms with Gasteiger partial charge in [0.15, 0.2) is 17.1 Å². The van der Waals surface area contributed by atoms with Crippen molar-refractivity contribution >= 4 is 46.6 Å². The van der Waals surface area contributed by atoms with Crippen LogP contribution in [0.2, 0.25) is 10.0 Å². The quantitative estimate of drug-likeness (QED) is 0.346. The zero-order chi connectivity index (χ0) is 25.2. The van der Waals surface area contributed by atoms with Gasteiger partial charge in [0.1, 0.15) is 5.75 Å². The number of alkyl halides is 3. The molecule has 182 valence electrons. The van der Waals surface area contributed by atoms with Gasteiger partial charge in [0.05, 0.1) is 22.0 Å². The third-order valence-corrected chi connectivity index (χ3v) is 6.80. The Hall–Kier alpha value is -2.43. The number of nitrogens with one attached hydrogen (secondary N) is 1.